The lowest BCUT2D eigenvalue weighted by molar-refractivity contribution is 0.363. The highest BCUT2D eigenvalue weighted by atomic mass is 35.5. The summed E-state index contributed by atoms with van der Waals surface area (Å²) < 4.78 is 0. The van der Waals surface area contributed by atoms with Gasteiger partial charge in [-0.15, -0.1) is 0 Å². The zero-order chi connectivity index (χ0) is 10.9. The van der Waals surface area contributed by atoms with Gasteiger partial charge in [-0.2, -0.15) is 0 Å². The summed E-state index contributed by atoms with van der Waals surface area (Å²) in [5.41, 5.74) is 6.03. The Morgan fingerprint density at radius 3 is 2.73 bits per heavy atom. The fourth-order valence-electron chi connectivity index (χ4n) is 1.75. The average Bonchev–Trinajstić information content (AvgIpc) is 2.17. The van der Waals surface area contributed by atoms with E-state index in [4.69, 9.17) is 17.3 Å². The molecule has 82 valence electrons. The SMILES string of the molecule is CC1(N)CCN(c2ccnc(Cl)n2)CC1. The highest BCUT2D eigenvalue weighted by Gasteiger charge is 2.26. The molecule has 2 rings (SSSR count). The maximum absolute atomic E-state index is 6.06. The number of aromatic nitrogens is 2. The highest BCUT2D eigenvalue weighted by Crippen LogP contribution is 2.23. The van der Waals surface area contributed by atoms with Crippen molar-refractivity contribution in [3.05, 3.63) is 17.5 Å². The maximum Gasteiger partial charge on any atom is 0.224 e. The van der Waals surface area contributed by atoms with E-state index in [1.165, 1.54) is 0 Å². The van der Waals surface area contributed by atoms with Gasteiger partial charge in [0, 0.05) is 24.8 Å². The number of nitrogens with two attached hydrogens (primary N) is 1. The quantitative estimate of drug-likeness (QED) is 0.737. The molecular weight excluding hydrogens is 212 g/mol. The average molecular weight is 227 g/mol. The smallest absolute Gasteiger partial charge is 0.224 e. The number of anilines is 1. The molecule has 1 aromatic rings. The van der Waals surface area contributed by atoms with E-state index in [0.29, 0.717) is 5.28 Å². The Kier molecular flexibility index (Phi) is 2.80. The van der Waals surface area contributed by atoms with Crippen LogP contribution >= 0.6 is 11.6 Å². The molecule has 1 aliphatic rings. The molecule has 0 atom stereocenters. The van der Waals surface area contributed by atoms with E-state index in [-0.39, 0.29) is 5.54 Å². The van der Waals surface area contributed by atoms with Crippen LogP contribution in [0.25, 0.3) is 0 Å². The summed E-state index contributed by atoms with van der Waals surface area (Å²) in [5.74, 6) is 0.894. The van der Waals surface area contributed by atoms with Crippen LogP contribution in [-0.2, 0) is 0 Å². The van der Waals surface area contributed by atoms with Gasteiger partial charge in [-0.05, 0) is 37.4 Å². The van der Waals surface area contributed by atoms with Crippen LogP contribution in [0, 0.1) is 0 Å². The lowest BCUT2D eigenvalue weighted by Crippen LogP contribution is -2.48. The molecule has 1 aromatic heterocycles. The van der Waals surface area contributed by atoms with E-state index in [9.17, 15) is 0 Å². The van der Waals surface area contributed by atoms with Crippen molar-refractivity contribution in [2.45, 2.75) is 25.3 Å². The molecule has 0 unspecified atom stereocenters. The van der Waals surface area contributed by atoms with Gasteiger partial charge in [-0.1, -0.05) is 0 Å². The van der Waals surface area contributed by atoms with E-state index in [1.54, 1.807) is 6.20 Å². The molecule has 0 aliphatic carbocycles. The van der Waals surface area contributed by atoms with Crippen molar-refractivity contribution in [3.8, 4) is 0 Å². The third-order valence-corrected chi connectivity index (χ3v) is 3.02. The summed E-state index contributed by atoms with van der Waals surface area (Å²) in [5, 5.41) is 0.300. The van der Waals surface area contributed by atoms with Gasteiger partial charge >= 0.3 is 0 Å². The minimum Gasteiger partial charge on any atom is -0.356 e. The second-order valence-corrected chi connectivity index (χ2v) is 4.66. The van der Waals surface area contributed by atoms with Crippen LogP contribution < -0.4 is 10.6 Å². The number of hydrogen-bond donors (Lipinski definition) is 1. The summed E-state index contributed by atoms with van der Waals surface area (Å²) in [4.78, 5) is 10.2. The Morgan fingerprint density at radius 1 is 1.47 bits per heavy atom. The second-order valence-electron chi connectivity index (χ2n) is 4.32. The third-order valence-electron chi connectivity index (χ3n) is 2.84. The zero-order valence-electron chi connectivity index (χ0n) is 8.78. The van der Waals surface area contributed by atoms with Gasteiger partial charge < -0.3 is 10.6 Å². The Morgan fingerprint density at radius 2 is 2.13 bits per heavy atom. The molecule has 4 nitrogen and oxygen atoms in total. The first-order chi connectivity index (χ1) is 7.07. The Labute approximate surface area is 94.5 Å². The van der Waals surface area contributed by atoms with Crippen LogP contribution in [0.4, 0.5) is 5.82 Å². The minimum atomic E-state index is -0.0344. The predicted molar refractivity (Wildman–Crippen MR) is 61.1 cm³/mol. The molecule has 0 spiro atoms. The fourth-order valence-corrected chi connectivity index (χ4v) is 1.89. The Hall–Kier alpha value is -0.870. The van der Waals surface area contributed by atoms with Gasteiger partial charge in [0.1, 0.15) is 5.82 Å². The molecule has 0 bridgehead atoms. The summed E-state index contributed by atoms with van der Waals surface area (Å²) in [7, 11) is 0. The van der Waals surface area contributed by atoms with Crippen LogP contribution in [-0.4, -0.2) is 28.6 Å². The molecule has 0 radical (unpaired) electrons. The van der Waals surface area contributed by atoms with E-state index in [0.717, 1.165) is 31.7 Å². The predicted octanol–water partition coefficient (Wildman–Crippen LogP) is 1.45. The van der Waals surface area contributed by atoms with Crippen molar-refractivity contribution in [2.75, 3.05) is 18.0 Å². The first-order valence-electron chi connectivity index (χ1n) is 5.09. The largest absolute Gasteiger partial charge is 0.356 e. The molecule has 0 aromatic carbocycles. The first kappa shape index (κ1) is 10.6. The maximum atomic E-state index is 6.06. The van der Waals surface area contributed by atoms with Crippen molar-refractivity contribution in [1.82, 2.24) is 9.97 Å². The van der Waals surface area contributed by atoms with Gasteiger partial charge in [0.05, 0.1) is 0 Å². The molecule has 5 heteroatoms. The van der Waals surface area contributed by atoms with Crippen molar-refractivity contribution >= 4 is 17.4 Å². The third kappa shape index (κ3) is 2.58. The van der Waals surface area contributed by atoms with Crippen LogP contribution in [0.5, 0.6) is 0 Å². The van der Waals surface area contributed by atoms with Gasteiger partial charge in [0.25, 0.3) is 0 Å². The number of hydrogen-bond acceptors (Lipinski definition) is 4. The summed E-state index contributed by atoms with van der Waals surface area (Å²) in [6, 6.07) is 1.88. The number of halogens is 1. The van der Waals surface area contributed by atoms with Crippen LogP contribution in [0.3, 0.4) is 0 Å². The highest BCUT2D eigenvalue weighted by molar-refractivity contribution is 6.28. The van der Waals surface area contributed by atoms with Gasteiger partial charge in [-0.3, -0.25) is 0 Å². The van der Waals surface area contributed by atoms with Crippen molar-refractivity contribution in [3.63, 3.8) is 0 Å². The second kappa shape index (κ2) is 3.94. The molecule has 1 saturated heterocycles. The van der Waals surface area contributed by atoms with Crippen LogP contribution in [0.1, 0.15) is 19.8 Å². The standard InChI is InChI=1S/C10H15ClN4/c1-10(12)3-6-15(7-4-10)8-2-5-13-9(11)14-8/h2,5H,3-4,6-7,12H2,1H3. The monoisotopic (exact) mass is 226 g/mol. The number of rotatable bonds is 1. The van der Waals surface area contributed by atoms with E-state index >= 15 is 0 Å². The topological polar surface area (TPSA) is 55.0 Å². The van der Waals surface area contributed by atoms with E-state index < -0.39 is 0 Å². The zero-order valence-corrected chi connectivity index (χ0v) is 9.54. The molecule has 2 heterocycles. The van der Waals surface area contributed by atoms with Gasteiger partial charge in [0.2, 0.25) is 5.28 Å². The Bertz CT molecular complexity index is 343. The Balaban J connectivity index is 2.08. The minimum absolute atomic E-state index is 0.0344. The fraction of sp³-hybridized carbons (Fsp3) is 0.600. The van der Waals surface area contributed by atoms with E-state index in [2.05, 4.69) is 21.8 Å². The number of piperidine rings is 1. The molecule has 0 amide bonds. The summed E-state index contributed by atoms with van der Waals surface area (Å²) >= 11 is 5.75. The normalized spacial score (nSPS) is 20.3. The summed E-state index contributed by atoms with van der Waals surface area (Å²) in [6.07, 6.45) is 3.64. The number of nitrogens with zero attached hydrogens (tertiary/aromatic N) is 3. The molecular formula is C10H15ClN4. The molecule has 2 N–H and O–H groups in total. The molecule has 1 aliphatic heterocycles. The molecule has 15 heavy (non-hydrogen) atoms. The lowest BCUT2D eigenvalue weighted by atomic mass is 9.91. The van der Waals surface area contributed by atoms with Crippen molar-refractivity contribution in [2.24, 2.45) is 5.73 Å². The van der Waals surface area contributed by atoms with Crippen LogP contribution in [0.2, 0.25) is 5.28 Å². The van der Waals surface area contributed by atoms with Crippen molar-refractivity contribution < 1.29 is 0 Å². The van der Waals surface area contributed by atoms with Gasteiger partial charge in [-0.25, -0.2) is 9.97 Å². The molecule has 1 fully saturated rings. The summed E-state index contributed by atoms with van der Waals surface area (Å²) in [6.45, 7) is 3.96. The van der Waals surface area contributed by atoms with Crippen LogP contribution in [0.15, 0.2) is 12.3 Å². The molecule has 0 saturated carbocycles. The van der Waals surface area contributed by atoms with E-state index in [1.807, 2.05) is 6.07 Å². The van der Waals surface area contributed by atoms with Crippen molar-refractivity contribution in [1.29, 1.82) is 0 Å². The lowest BCUT2D eigenvalue weighted by Gasteiger charge is -2.37. The van der Waals surface area contributed by atoms with Gasteiger partial charge in [0.15, 0.2) is 0 Å². The first-order valence-corrected chi connectivity index (χ1v) is 5.47.